The summed E-state index contributed by atoms with van der Waals surface area (Å²) in [5.74, 6) is -1.31. The molecule has 3 N–H and O–H groups in total. The molecule has 6 nitrogen and oxygen atoms in total. The molecule has 0 aliphatic rings. The summed E-state index contributed by atoms with van der Waals surface area (Å²) in [4.78, 5) is 22.0. The standard InChI is InChI=1S/C12H24N2O4/c1-5-18-12(3,4)8-14-11(17)13-7-6-9(2)10(15)16/h9H,5-8H2,1-4H3,(H,15,16)(H2,13,14,17). The molecule has 106 valence electrons. The van der Waals surface area contributed by atoms with Gasteiger partial charge in [0.15, 0.2) is 0 Å². The first-order valence-electron chi connectivity index (χ1n) is 6.17. The molecule has 2 amide bonds. The summed E-state index contributed by atoms with van der Waals surface area (Å²) >= 11 is 0. The summed E-state index contributed by atoms with van der Waals surface area (Å²) in [6.45, 7) is 8.63. The molecule has 0 heterocycles. The third kappa shape index (κ3) is 7.89. The van der Waals surface area contributed by atoms with Gasteiger partial charge in [-0.2, -0.15) is 0 Å². The molecule has 0 saturated heterocycles. The van der Waals surface area contributed by atoms with Crippen LogP contribution in [0.3, 0.4) is 0 Å². The molecule has 18 heavy (non-hydrogen) atoms. The molecule has 0 radical (unpaired) electrons. The lowest BCUT2D eigenvalue weighted by molar-refractivity contribution is -0.141. The Balaban J connectivity index is 3.76. The van der Waals surface area contributed by atoms with E-state index in [1.807, 2.05) is 20.8 Å². The molecule has 6 heteroatoms. The van der Waals surface area contributed by atoms with Crippen LogP contribution >= 0.6 is 0 Å². The smallest absolute Gasteiger partial charge is 0.314 e. The van der Waals surface area contributed by atoms with Gasteiger partial charge in [-0.25, -0.2) is 4.79 Å². The van der Waals surface area contributed by atoms with Gasteiger partial charge in [-0.05, 0) is 27.2 Å². The highest BCUT2D eigenvalue weighted by atomic mass is 16.5. The number of aliphatic carboxylic acids is 1. The zero-order valence-corrected chi connectivity index (χ0v) is 11.6. The van der Waals surface area contributed by atoms with Crippen molar-refractivity contribution in [2.75, 3.05) is 19.7 Å². The lowest BCUT2D eigenvalue weighted by atomic mass is 10.1. The fourth-order valence-electron chi connectivity index (χ4n) is 1.32. The molecule has 1 unspecified atom stereocenters. The van der Waals surface area contributed by atoms with Gasteiger partial charge in [0.05, 0.1) is 11.5 Å². The topological polar surface area (TPSA) is 87.7 Å². The van der Waals surface area contributed by atoms with Crippen molar-refractivity contribution in [3.63, 3.8) is 0 Å². The zero-order valence-electron chi connectivity index (χ0n) is 11.6. The van der Waals surface area contributed by atoms with E-state index in [0.717, 1.165) is 0 Å². The molecule has 0 aromatic heterocycles. The first kappa shape index (κ1) is 16.7. The van der Waals surface area contributed by atoms with Crippen LogP contribution in [0.4, 0.5) is 4.79 Å². The third-order valence-corrected chi connectivity index (χ3v) is 2.49. The number of carbonyl (C=O) groups is 2. The Morgan fingerprint density at radius 3 is 2.44 bits per heavy atom. The maximum atomic E-state index is 11.4. The van der Waals surface area contributed by atoms with E-state index < -0.39 is 17.5 Å². The quantitative estimate of drug-likeness (QED) is 0.612. The van der Waals surface area contributed by atoms with Crippen LogP contribution in [0.5, 0.6) is 0 Å². The molecular formula is C12H24N2O4. The van der Waals surface area contributed by atoms with Crippen LogP contribution in [-0.2, 0) is 9.53 Å². The van der Waals surface area contributed by atoms with Crippen LogP contribution in [0.2, 0.25) is 0 Å². The Morgan fingerprint density at radius 1 is 1.33 bits per heavy atom. The fourth-order valence-corrected chi connectivity index (χ4v) is 1.32. The van der Waals surface area contributed by atoms with Crippen molar-refractivity contribution in [1.82, 2.24) is 10.6 Å². The van der Waals surface area contributed by atoms with Crippen molar-refractivity contribution in [2.45, 2.75) is 39.7 Å². The van der Waals surface area contributed by atoms with Crippen molar-refractivity contribution in [1.29, 1.82) is 0 Å². The second-order valence-corrected chi connectivity index (χ2v) is 4.83. The molecule has 0 aromatic rings. The third-order valence-electron chi connectivity index (χ3n) is 2.49. The first-order valence-corrected chi connectivity index (χ1v) is 6.17. The zero-order chi connectivity index (χ0) is 14.2. The molecule has 1 atom stereocenters. The van der Waals surface area contributed by atoms with Gasteiger partial charge in [-0.1, -0.05) is 6.92 Å². The maximum absolute atomic E-state index is 11.4. The summed E-state index contributed by atoms with van der Waals surface area (Å²) < 4.78 is 5.43. The second-order valence-electron chi connectivity index (χ2n) is 4.83. The van der Waals surface area contributed by atoms with Gasteiger partial charge in [-0.3, -0.25) is 4.79 Å². The lowest BCUT2D eigenvalue weighted by Crippen LogP contribution is -2.45. The summed E-state index contributed by atoms with van der Waals surface area (Å²) in [5.41, 5.74) is -0.402. The van der Waals surface area contributed by atoms with E-state index in [4.69, 9.17) is 9.84 Å². The van der Waals surface area contributed by atoms with Gasteiger partial charge in [0.1, 0.15) is 0 Å². The average molecular weight is 260 g/mol. The molecule has 0 aliphatic carbocycles. The SMILES string of the molecule is CCOC(C)(C)CNC(=O)NCCC(C)C(=O)O. The van der Waals surface area contributed by atoms with Crippen LogP contribution in [0.15, 0.2) is 0 Å². The molecular weight excluding hydrogens is 236 g/mol. The van der Waals surface area contributed by atoms with E-state index in [9.17, 15) is 9.59 Å². The van der Waals surface area contributed by atoms with Crippen LogP contribution in [0.1, 0.15) is 34.1 Å². The molecule has 0 spiro atoms. The van der Waals surface area contributed by atoms with Gasteiger partial charge in [0.2, 0.25) is 0 Å². The van der Waals surface area contributed by atoms with Gasteiger partial charge >= 0.3 is 12.0 Å². The highest BCUT2D eigenvalue weighted by Crippen LogP contribution is 2.06. The summed E-state index contributed by atoms with van der Waals surface area (Å²) in [7, 11) is 0. The van der Waals surface area contributed by atoms with Crippen molar-refractivity contribution in [2.24, 2.45) is 5.92 Å². The predicted molar refractivity (Wildman–Crippen MR) is 68.5 cm³/mol. The number of rotatable bonds is 8. The van der Waals surface area contributed by atoms with Crippen molar-refractivity contribution >= 4 is 12.0 Å². The van der Waals surface area contributed by atoms with Gasteiger partial charge < -0.3 is 20.5 Å². The minimum atomic E-state index is -0.852. The highest BCUT2D eigenvalue weighted by molar-refractivity contribution is 5.74. The average Bonchev–Trinajstić information content (AvgIpc) is 2.26. The number of carboxylic acid groups (broad SMARTS) is 1. The van der Waals surface area contributed by atoms with Crippen LogP contribution in [-0.4, -0.2) is 42.4 Å². The van der Waals surface area contributed by atoms with Crippen molar-refractivity contribution in [3.05, 3.63) is 0 Å². The normalized spacial score (nSPS) is 12.9. The van der Waals surface area contributed by atoms with Gasteiger partial charge in [0, 0.05) is 19.7 Å². The fraction of sp³-hybridized carbons (Fsp3) is 0.833. The first-order chi connectivity index (χ1) is 8.28. The van der Waals surface area contributed by atoms with Crippen molar-refractivity contribution in [3.8, 4) is 0 Å². The van der Waals surface area contributed by atoms with Gasteiger partial charge in [-0.15, -0.1) is 0 Å². The number of carboxylic acids is 1. The maximum Gasteiger partial charge on any atom is 0.314 e. The van der Waals surface area contributed by atoms with E-state index in [1.54, 1.807) is 6.92 Å². The molecule has 0 bridgehead atoms. The Bertz CT molecular complexity index is 279. The van der Waals surface area contributed by atoms with E-state index in [0.29, 0.717) is 26.1 Å². The number of hydrogen-bond acceptors (Lipinski definition) is 3. The molecule has 0 aromatic carbocycles. The largest absolute Gasteiger partial charge is 0.481 e. The Morgan fingerprint density at radius 2 is 1.94 bits per heavy atom. The Hall–Kier alpha value is -1.30. The Labute approximate surface area is 108 Å². The van der Waals surface area contributed by atoms with E-state index in [-0.39, 0.29) is 6.03 Å². The van der Waals surface area contributed by atoms with Crippen molar-refractivity contribution < 1.29 is 19.4 Å². The number of hydrogen-bond donors (Lipinski definition) is 3. The molecule has 0 fully saturated rings. The summed E-state index contributed by atoms with van der Waals surface area (Å²) in [6, 6.07) is -0.305. The molecule has 0 aliphatic heterocycles. The number of amides is 2. The number of nitrogens with one attached hydrogen (secondary N) is 2. The monoisotopic (exact) mass is 260 g/mol. The van der Waals surface area contributed by atoms with Crippen LogP contribution < -0.4 is 10.6 Å². The van der Waals surface area contributed by atoms with E-state index >= 15 is 0 Å². The van der Waals surface area contributed by atoms with E-state index in [2.05, 4.69) is 10.6 Å². The molecule has 0 saturated carbocycles. The summed E-state index contributed by atoms with van der Waals surface area (Å²) in [5, 5.41) is 14.0. The minimum absolute atomic E-state index is 0.305. The lowest BCUT2D eigenvalue weighted by Gasteiger charge is -2.24. The minimum Gasteiger partial charge on any atom is -0.481 e. The Kier molecular flexibility index (Phi) is 7.35. The second kappa shape index (κ2) is 7.92. The number of urea groups is 1. The number of ether oxygens (including phenoxy) is 1. The van der Waals surface area contributed by atoms with Crippen LogP contribution in [0.25, 0.3) is 0 Å². The van der Waals surface area contributed by atoms with Gasteiger partial charge in [0.25, 0.3) is 0 Å². The van der Waals surface area contributed by atoms with E-state index in [1.165, 1.54) is 0 Å². The highest BCUT2D eigenvalue weighted by Gasteiger charge is 2.18. The molecule has 0 rings (SSSR count). The van der Waals surface area contributed by atoms with Crippen LogP contribution in [0, 0.1) is 5.92 Å². The summed E-state index contributed by atoms with van der Waals surface area (Å²) in [6.07, 6.45) is 0.414. The predicted octanol–water partition coefficient (Wildman–Crippen LogP) is 1.21. The number of carbonyl (C=O) groups excluding carboxylic acids is 1.